The SMILES string of the molecule is COC(=O)/C(=N\Nc1ccc([N+](=O)[O-])cc1)c1nc2ccccc2[nH]c1=O. The number of anilines is 1. The Morgan fingerprint density at radius 1 is 1.22 bits per heavy atom. The molecule has 0 fully saturated rings. The maximum Gasteiger partial charge on any atom is 0.360 e. The summed E-state index contributed by atoms with van der Waals surface area (Å²) in [6, 6.07) is 12.2. The number of ether oxygens (including phenoxy) is 1. The molecule has 3 rings (SSSR count). The largest absolute Gasteiger partial charge is 0.464 e. The van der Waals surface area contributed by atoms with Crippen LogP contribution in [0.15, 0.2) is 58.4 Å². The fourth-order valence-electron chi connectivity index (χ4n) is 2.26. The standard InChI is InChI=1S/C17H13N5O5/c1-27-17(24)15(21-20-10-6-8-11(9-7-10)22(25)26)14-16(23)19-13-5-3-2-4-12(13)18-14/h2-9,20H,1H3,(H,19,23)/b21-15-. The predicted molar refractivity (Wildman–Crippen MR) is 97.6 cm³/mol. The number of para-hydroxylation sites is 2. The smallest absolute Gasteiger partial charge is 0.360 e. The molecule has 1 heterocycles. The van der Waals surface area contributed by atoms with Crippen molar-refractivity contribution in [1.82, 2.24) is 9.97 Å². The number of carbonyl (C=O) groups is 1. The first-order valence-corrected chi connectivity index (χ1v) is 7.65. The van der Waals surface area contributed by atoms with Gasteiger partial charge in [0.25, 0.3) is 11.2 Å². The number of rotatable bonds is 5. The van der Waals surface area contributed by atoms with Gasteiger partial charge in [-0.2, -0.15) is 5.10 Å². The van der Waals surface area contributed by atoms with E-state index in [2.05, 4.69) is 25.2 Å². The fourth-order valence-corrected chi connectivity index (χ4v) is 2.26. The molecule has 2 N–H and O–H groups in total. The number of H-pyrrole nitrogens is 1. The van der Waals surface area contributed by atoms with Crippen molar-refractivity contribution in [3.8, 4) is 0 Å². The van der Waals surface area contributed by atoms with Crippen LogP contribution in [0, 0.1) is 10.1 Å². The number of benzene rings is 2. The van der Waals surface area contributed by atoms with E-state index in [1.165, 1.54) is 24.3 Å². The number of aromatic nitrogens is 2. The van der Waals surface area contributed by atoms with Gasteiger partial charge in [0.05, 0.1) is 28.8 Å². The number of nitrogens with zero attached hydrogens (tertiary/aromatic N) is 3. The average Bonchev–Trinajstić information content (AvgIpc) is 2.68. The van der Waals surface area contributed by atoms with Crippen molar-refractivity contribution in [1.29, 1.82) is 0 Å². The highest BCUT2D eigenvalue weighted by atomic mass is 16.6. The number of nitro groups is 1. The molecule has 0 aliphatic rings. The molecule has 10 nitrogen and oxygen atoms in total. The number of methoxy groups -OCH3 is 1. The monoisotopic (exact) mass is 367 g/mol. The summed E-state index contributed by atoms with van der Waals surface area (Å²) < 4.78 is 4.68. The topological polar surface area (TPSA) is 140 Å². The zero-order valence-corrected chi connectivity index (χ0v) is 14.0. The summed E-state index contributed by atoms with van der Waals surface area (Å²) in [4.78, 5) is 41.4. The number of hydrogen-bond acceptors (Lipinski definition) is 8. The first-order valence-electron chi connectivity index (χ1n) is 7.65. The molecule has 0 saturated carbocycles. The van der Waals surface area contributed by atoms with E-state index < -0.39 is 16.5 Å². The molecule has 0 aliphatic heterocycles. The van der Waals surface area contributed by atoms with Crippen molar-refractivity contribution in [2.45, 2.75) is 0 Å². The number of esters is 1. The molecular weight excluding hydrogens is 354 g/mol. The fraction of sp³-hybridized carbons (Fsp3) is 0.0588. The third-order valence-corrected chi connectivity index (χ3v) is 3.58. The van der Waals surface area contributed by atoms with E-state index >= 15 is 0 Å². The van der Waals surface area contributed by atoms with E-state index in [9.17, 15) is 19.7 Å². The summed E-state index contributed by atoms with van der Waals surface area (Å²) in [5.41, 5.74) is 2.69. The summed E-state index contributed by atoms with van der Waals surface area (Å²) >= 11 is 0. The van der Waals surface area contributed by atoms with Crippen LogP contribution in [0.2, 0.25) is 0 Å². The number of hydrazone groups is 1. The second kappa shape index (κ2) is 7.44. The molecule has 0 aliphatic carbocycles. The van der Waals surface area contributed by atoms with Crippen molar-refractivity contribution >= 4 is 34.1 Å². The first-order chi connectivity index (χ1) is 13.0. The first kappa shape index (κ1) is 17.7. The molecule has 0 radical (unpaired) electrons. The van der Waals surface area contributed by atoms with Crippen LogP contribution in [-0.4, -0.2) is 33.7 Å². The van der Waals surface area contributed by atoms with E-state index in [0.717, 1.165) is 7.11 Å². The van der Waals surface area contributed by atoms with Crippen LogP contribution in [0.1, 0.15) is 5.69 Å². The molecule has 0 bridgehead atoms. The van der Waals surface area contributed by atoms with E-state index in [-0.39, 0.29) is 17.1 Å². The van der Waals surface area contributed by atoms with Crippen LogP contribution in [0.5, 0.6) is 0 Å². The van der Waals surface area contributed by atoms with E-state index in [0.29, 0.717) is 16.7 Å². The van der Waals surface area contributed by atoms with Crippen LogP contribution in [-0.2, 0) is 9.53 Å². The Balaban J connectivity index is 2.00. The molecule has 10 heteroatoms. The lowest BCUT2D eigenvalue weighted by Gasteiger charge is -2.06. The third-order valence-electron chi connectivity index (χ3n) is 3.58. The summed E-state index contributed by atoms with van der Waals surface area (Å²) in [6.45, 7) is 0. The van der Waals surface area contributed by atoms with Crippen LogP contribution in [0.25, 0.3) is 11.0 Å². The number of fused-ring (bicyclic) bond motifs is 1. The third kappa shape index (κ3) is 3.79. The Morgan fingerprint density at radius 2 is 1.93 bits per heavy atom. The highest BCUT2D eigenvalue weighted by molar-refractivity contribution is 6.42. The van der Waals surface area contributed by atoms with E-state index in [1.54, 1.807) is 24.3 Å². The molecule has 0 spiro atoms. The molecule has 0 amide bonds. The van der Waals surface area contributed by atoms with Crippen molar-refractivity contribution in [3.63, 3.8) is 0 Å². The summed E-state index contributed by atoms with van der Waals surface area (Å²) in [5, 5.41) is 14.6. The summed E-state index contributed by atoms with van der Waals surface area (Å²) in [5.74, 6) is -0.863. The number of aromatic amines is 1. The number of non-ortho nitro benzene ring substituents is 1. The minimum absolute atomic E-state index is 0.0923. The molecule has 1 aromatic heterocycles. The quantitative estimate of drug-likeness (QED) is 0.303. The van der Waals surface area contributed by atoms with Gasteiger partial charge in [0.1, 0.15) is 0 Å². The second-order valence-electron chi connectivity index (χ2n) is 5.30. The van der Waals surface area contributed by atoms with Gasteiger partial charge in [0, 0.05) is 12.1 Å². The lowest BCUT2D eigenvalue weighted by Crippen LogP contribution is -2.28. The van der Waals surface area contributed by atoms with Crippen LogP contribution in [0.4, 0.5) is 11.4 Å². The van der Waals surface area contributed by atoms with Crippen molar-refractivity contribution in [2.24, 2.45) is 5.10 Å². The molecular formula is C17H13N5O5. The van der Waals surface area contributed by atoms with Gasteiger partial charge >= 0.3 is 5.97 Å². The van der Waals surface area contributed by atoms with Gasteiger partial charge in [-0.1, -0.05) is 12.1 Å². The van der Waals surface area contributed by atoms with Gasteiger partial charge < -0.3 is 9.72 Å². The zero-order valence-electron chi connectivity index (χ0n) is 14.0. The Bertz CT molecular complexity index is 1100. The minimum atomic E-state index is -0.863. The normalized spacial score (nSPS) is 11.2. The Morgan fingerprint density at radius 3 is 2.59 bits per heavy atom. The molecule has 2 aromatic carbocycles. The minimum Gasteiger partial charge on any atom is -0.464 e. The van der Waals surface area contributed by atoms with Crippen LogP contribution in [0.3, 0.4) is 0 Å². The van der Waals surface area contributed by atoms with Gasteiger partial charge in [-0.3, -0.25) is 20.3 Å². The van der Waals surface area contributed by atoms with Gasteiger partial charge in [-0.25, -0.2) is 9.78 Å². The second-order valence-corrected chi connectivity index (χ2v) is 5.30. The van der Waals surface area contributed by atoms with E-state index in [4.69, 9.17) is 0 Å². The average molecular weight is 367 g/mol. The van der Waals surface area contributed by atoms with Crippen LogP contribution >= 0.6 is 0 Å². The highest BCUT2D eigenvalue weighted by Gasteiger charge is 2.21. The molecule has 27 heavy (non-hydrogen) atoms. The van der Waals surface area contributed by atoms with Crippen molar-refractivity contribution in [2.75, 3.05) is 12.5 Å². The molecule has 0 unspecified atom stereocenters. The lowest BCUT2D eigenvalue weighted by molar-refractivity contribution is -0.384. The van der Waals surface area contributed by atoms with Crippen molar-refractivity contribution in [3.05, 3.63) is 74.7 Å². The lowest BCUT2D eigenvalue weighted by atomic mass is 10.2. The Labute approximate surface area is 151 Å². The van der Waals surface area contributed by atoms with E-state index in [1.807, 2.05) is 0 Å². The summed E-state index contributed by atoms with van der Waals surface area (Å²) in [7, 11) is 1.15. The number of hydrogen-bond donors (Lipinski definition) is 2. The highest BCUT2D eigenvalue weighted by Crippen LogP contribution is 2.15. The predicted octanol–water partition coefficient (Wildman–Crippen LogP) is 1.82. The Kier molecular flexibility index (Phi) is 4.88. The van der Waals surface area contributed by atoms with Crippen molar-refractivity contribution < 1.29 is 14.5 Å². The number of nitro benzene ring substituents is 1. The Hall–Kier alpha value is -4.08. The van der Waals surface area contributed by atoms with Gasteiger partial charge in [0.15, 0.2) is 11.4 Å². The molecule has 0 atom stereocenters. The van der Waals surface area contributed by atoms with Gasteiger partial charge in [0.2, 0.25) is 0 Å². The maximum absolute atomic E-state index is 12.3. The van der Waals surface area contributed by atoms with Crippen LogP contribution < -0.4 is 11.0 Å². The molecule has 136 valence electrons. The zero-order chi connectivity index (χ0) is 19.4. The number of carbonyl (C=O) groups excluding carboxylic acids is 1. The molecule has 3 aromatic rings. The van der Waals surface area contributed by atoms with Gasteiger partial charge in [-0.05, 0) is 24.3 Å². The van der Waals surface area contributed by atoms with Gasteiger partial charge in [-0.15, -0.1) is 0 Å². The summed E-state index contributed by atoms with van der Waals surface area (Å²) in [6.07, 6.45) is 0. The maximum atomic E-state index is 12.3. The number of nitrogens with one attached hydrogen (secondary N) is 2. The molecule has 0 saturated heterocycles.